The molecule has 3 N–H and O–H groups in total. The van der Waals surface area contributed by atoms with Gasteiger partial charge in [0.05, 0.1) is 22.1 Å². The topological polar surface area (TPSA) is 121 Å². The van der Waals surface area contributed by atoms with Crippen molar-refractivity contribution in [3.63, 3.8) is 0 Å². The number of anilines is 1. The zero-order chi connectivity index (χ0) is 22.5. The molecule has 1 aliphatic heterocycles. The molecule has 32 heavy (non-hydrogen) atoms. The maximum Gasteiger partial charge on any atom is 0.373 e. The van der Waals surface area contributed by atoms with Crippen LogP contribution in [0.15, 0.2) is 47.2 Å². The number of aryl methyl sites for hydroxylation is 1. The smallest absolute Gasteiger partial charge is 0.373 e. The van der Waals surface area contributed by atoms with Gasteiger partial charge in [-0.05, 0) is 43.4 Å². The molecule has 10 nitrogen and oxygen atoms in total. The third-order valence-corrected chi connectivity index (χ3v) is 5.69. The van der Waals surface area contributed by atoms with Gasteiger partial charge in [-0.1, -0.05) is 17.3 Å². The Balaban J connectivity index is 1.43. The Morgan fingerprint density at radius 3 is 2.81 bits per heavy atom. The summed E-state index contributed by atoms with van der Waals surface area (Å²) in [6, 6.07) is 9.17. The summed E-state index contributed by atoms with van der Waals surface area (Å²) >= 11 is 0. The fourth-order valence-corrected chi connectivity index (χ4v) is 3.51. The van der Waals surface area contributed by atoms with Crippen LogP contribution >= 0.6 is 0 Å². The van der Waals surface area contributed by atoms with Crippen LogP contribution in [0.25, 0.3) is 17.0 Å². The highest BCUT2D eigenvalue weighted by molar-refractivity contribution is 5.64. The van der Waals surface area contributed by atoms with Gasteiger partial charge in [0.15, 0.2) is 0 Å². The molecule has 1 saturated heterocycles. The normalized spacial score (nSPS) is 14.5. The fraction of sp³-hybridized carbons (Fsp3) is 0.318. The molecular weight excluding hydrogens is 410 g/mol. The highest BCUT2D eigenvalue weighted by atomic mass is 16.5. The summed E-state index contributed by atoms with van der Waals surface area (Å²) in [4.78, 5) is 22.5. The van der Waals surface area contributed by atoms with E-state index in [0.717, 1.165) is 24.2 Å². The number of pyridine rings is 1. The number of nitrogens with one attached hydrogen (secondary N) is 2. The van der Waals surface area contributed by atoms with Crippen molar-refractivity contribution in [2.24, 2.45) is 0 Å². The van der Waals surface area contributed by atoms with Gasteiger partial charge in [-0.2, -0.15) is 14.8 Å². The second kappa shape index (κ2) is 7.50. The molecule has 0 amide bonds. The SMILES string of the molecule is Cc1ccc(-c2noc(C3CNC3)n2)cc1N[N+](=O)c1cnc2ccc(C(C)(C)O)cn12. The molecule has 1 aliphatic rings. The molecular formula is C22H24N7O3+. The van der Waals surface area contributed by atoms with Gasteiger partial charge in [0, 0.05) is 30.3 Å². The molecule has 4 heterocycles. The standard InChI is InChI=1S/C22H24N7O3/c1-13-4-5-14(20-25-21(32-27-20)15-9-23-10-15)8-17(13)26-29(31)19-11-24-18-7-6-16(12-28(18)19)22(2,3)30/h4-8,11-12,15,23,30H,9-10H2,1-3H3,(H,26,31)/q+1. The molecule has 5 rings (SSSR count). The predicted octanol–water partition coefficient (Wildman–Crippen LogP) is 3.04. The second-order valence-electron chi connectivity index (χ2n) is 8.57. The molecule has 3 aromatic heterocycles. The molecule has 1 fully saturated rings. The Morgan fingerprint density at radius 1 is 1.28 bits per heavy atom. The first-order valence-corrected chi connectivity index (χ1v) is 10.4. The summed E-state index contributed by atoms with van der Waals surface area (Å²) < 4.78 is 7.04. The molecule has 10 heteroatoms. The molecule has 0 saturated carbocycles. The Morgan fingerprint density at radius 2 is 2.09 bits per heavy atom. The lowest BCUT2D eigenvalue weighted by atomic mass is 10.0. The summed E-state index contributed by atoms with van der Waals surface area (Å²) in [5.41, 5.74) is 5.36. The van der Waals surface area contributed by atoms with Gasteiger partial charge >= 0.3 is 5.82 Å². The first-order chi connectivity index (χ1) is 15.3. The van der Waals surface area contributed by atoms with E-state index in [4.69, 9.17) is 4.52 Å². The maximum absolute atomic E-state index is 13.0. The highest BCUT2D eigenvalue weighted by Crippen LogP contribution is 2.28. The monoisotopic (exact) mass is 434 g/mol. The van der Waals surface area contributed by atoms with E-state index in [1.54, 1.807) is 36.6 Å². The maximum atomic E-state index is 13.0. The van der Waals surface area contributed by atoms with Gasteiger partial charge in [0.25, 0.3) is 0 Å². The van der Waals surface area contributed by atoms with E-state index in [0.29, 0.717) is 33.5 Å². The third-order valence-electron chi connectivity index (χ3n) is 5.69. The van der Waals surface area contributed by atoms with E-state index in [-0.39, 0.29) is 11.7 Å². The van der Waals surface area contributed by atoms with E-state index >= 15 is 0 Å². The van der Waals surface area contributed by atoms with Gasteiger partial charge in [-0.3, -0.25) is 0 Å². The largest absolute Gasteiger partial charge is 0.386 e. The number of benzene rings is 1. The van der Waals surface area contributed by atoms with E-state index in [1.165, 1.54) is 6.20 Å². The number of hydrogen-bond acceptors (Lipinski definition) is 7. The fourth-order valence-electron chi connectivity index (χ4n) is 3.51. The van der Waals surface area contributed by atoms with Crippen LogP contribution in [0.2, 0.25) is 0 Å². The first-order valence-electron chi connectivity index (χ1n) is 10.4. The number of aliphatic hydroxyl groups is 1. The predicted molar refractivity (Wildman–Crippen MR) is 117 cm³/mol. The average Bonchev–Trinajstić information content (AvgIpc) is 3.34. The lowest BCUT2D eigenvalue weighted by molar-refractivity contribution is -0.432. The lowest BCUT2D eigenvalue weighted by Gasteiger charge is -2.22. The minimum atomic E-state index is -1.04. The Hall–Kier alpha value is -3.63. The minimum absolute atomic E-state index is 0.250. The summed E-state index contributed by atoms with van der Waals surface area (Å²) in [6.45, 7) is 6.96. The number of hydrogen-bond donors (Lipinski definition) is 3. The molecule has 0 spiro atoms. The quantitative estimate of drug-likeness (QED) is 0.313. The van der Waals surface area contributed by atoms with Crippen molar-refractivity contribution < 1.29 is 14.5 Å². The van der Waals surface area contributed by atoms with Crippen LogP contribution in [-0.4, -0.2) is 42.6 Å². The molecule has 1 aromatic carbocycles. The highest BCUT2D eigenvalue weighted by Gasteiger charge is 2.26. The zero-order valence-corrected chi connectivity index (χ0v) is 18.0. The zero-order valence-electron chi connectivity index (χ0n) is 18.0. The number of aromatic nitrogens is 4. The van der Waals surface area contributed by atoms with Gasteiger partial charge in [-0.25, -0.2) is 4.98 Å². The van der Waals surface area contributed by atoms with E-state index < -0.39 is 5.60 Å². The first kappa shape index (κ1) is 20.3. The summed E-state index contributed by atoms with van der Waals surface area (Å²) in [5.74, 6) is 1.64. The van der Waals surface area contributed by atoms with Gasteiger partial charge in [-0.15, -0.1) is 0 Å². The molecule has 0 bridgehead atoms. The molecule has 0 unspecified atom stereocenters. The molecule has 0 atom stereocenters. The third kappa shape index (κ3) is 3.63. The molecule has 0 radical (unpaired) electrons. The van der Waals surface area contributed by atoms with Crippen molar-refractivity contribution in [3.8, 4) is 11.4 Å². The molecule has 0 aliphatic carbocycles. The number of nitroso groups, excluding NO2 is 1. The number of rotatable bonds is 6. The van der Waals surface area contributed by atoms with Crippen LogP contribution in [0.5, 0.6) is 0 Å². The van der Waals surface area contributed by atoms with Gasteiger partial charge in [0.2, 0.25) is 17.4 Å². The second-order valence-corrected chi connectivity index (χ2v) is 8.57. The number of imidazole rings is 1. The Bertz CT molecular complexity index is 1310. The van der Waals surface area contributed by atoms with Crippen molar-refractivity contribution in [2.45, 2.75) is 32.3 Å². The van der Waals surface area contributed by atoms with Crippen LogP contribution in [0.4, 0.5) is 11.5 Å². The number of hydrazine groups is 1. The van der Waals surface area contributed by atoms with Crippen molar-refractivity contribution in [3.05, 3.63) is 64.7 Å². The van der Waals surface area contributed by atoms with Crippen LogP contribution in [0, 0.1) is 11.8 Å². The summed E-state index contributed by atoms with van der Waals surface area (Å²) in [7, 11) is 0. The van der Waals surface area contributed by atoms with Gasteiger partial charge < -0.3 is 14.9 Å². The van der Waals surface area contributed by atoms with Crippen LogP contribution in [0.1, 0.15) is 36.8 Å². The number of nitrogens with zero attached hydrogens (tertiary/aromatic N) is 5. The Labute approximate surface area is 183 Å². The lowest BCUT2D eigenvalue weighted by Crippen LogP contribution is -2.40. The van der Waals surface area contributed by atoms with Crippen LogP contribution < -0.4 is 10.7 Å². The number of fused-ring (bicyclic) bond motifs is 1. The van der Waals surface area contributed by atoms with Crippen molar-refractivity contribution >= 4 is 17.2 Å². The van der Waals surface area contributed by atoms with Crippen LogP contribution in [0.3, 0.4) is 0 Å². The van der Waals surface area contributed by atoms with E-state index in [9.17, 15) is 10.0 Å². The summed E-state index contributed by atoms with van der Waals surface area (Å²) in [5, 5.41) is 17.6. The van der Waals surface area contributed by atoms with Crippen LogP contribution in [-0.2, 0) is 5.60 Å². The molecule has 4 aromatic rings. The molecule has 164 valence electrons. The average molecular weight is 434 g/mol. The van der Waals surface area contributed by atoms with Crippen molar-refractivity contribution in [1.29, 1.82) is 0 Å². The van der Waals surface area contributed by atoms with Crippen molar-refractivity contribution in [2.75, 3.05) is 18.5 Å². The Kier molecular flexibility index (Phi) is 4.75. The van der Waals surface area contributed by atoms with Crippen molar-refractivity contribution in [1.82, 2.24) is 24.8 Å². The minimum Gasteiger partial charge on any atom is -0.386 e. The van der Waals surface area contributed by atoms with Gasteiger partial charge in [0.1, 0.15) is 12.4 Å². The van der Waals surface area contributed by atoms with E-state index in [2.05, 4.69) is 25.9 Å². The van der Waals surface area contributed by atoms with E-state index in [1.807, 2.05) is 25.1 Å². The summed E-state index contributed by atoms with van der Waals surface area (Å²) in [6.07, 6.45) is 3.20.